The van der Waals surface area contributed by atoms with Crippen molar-refractivity contribution in [3.8, 4) is 0 Å². The zero-order chi connectivity index (χ0) is 12.3. The van der Waals surface area contributed by atoms with Crippen molar-refractivity contribution in [2.24, 2.45) is 16.7 Å². The van der Waals surface area contributed by atoms with E-state index in [1.165, 1.54) is 45.6 Å². The molecule has 0 spiro atoms. The number of hydrogen-bond acceptors (Lipinski definition) is 2. The van der Waals surface area contributed by atoms with Crippen molar-refractivity contribution >= 4 is 0 Å². The highest BCUT2D eigenvalue weighted by Gasteiger charge is 2.64. The van der Waals surface area contributed by atoms with Gasteiger partial charge in [-0.25, -0.2) is 0 Å². The molecule has 0 aromatic carbocycles. The fourth-order valence-corrected chi connectivity index (χ4v) is 4.27. The molecule has 2 heteroatoms. The third kappa shape index (κ3) is 1.76. The molecule has 0 radical (unpaired) electrons. The molecule has 1 aliphatic carbocycles. The Hall–Kier alpha value is -0.0800. The van der Waals surface area contributed by atoms with Crippen LogP contribution in [-0.2, 0) is 0 Å². The van der Waals surface area contributed by atoms with E-state index in [0.29, 0.717) is 10.8 Å². The van der Waals surface area contributed by atoms with Gasteiger partial charge in [-0.3, -0.25) is 4.90 Å². The first-order valence-corrected chi connectivity index (χ1v) is 7.39. The Morgan fingerprint density at radius 1 is 1.00 bits per heavy atom. The second kappa shape index (κ2) is 3.71. The molecule has 1 unspecified atom stereocenters. The highest BCUT2D eigenvalue weighted by Crippen LogP contribution is 2.68. The average molecular weight is 236 g/mol. The van der Waals surface area contributed by atoms with Crippen LogP contribution in [0.3, 0.4) is 0 Å². The van der Waals surface area contributed by atoms with Crippen molar-refractivity contribution in [2.45, 2.75) is 46.6 Å². The third-order valence-electron chi connectivity index (χ3n) is 6.43. The quantitative estimate of drug-likeness (QED) is 0.726. The van der Waals surface area contributed by atoms with Gasteiger partial charge in [0, 0.05) is 32.2 Å². The van der Waals surface area contributed by atoms with Gasteiger partial charge >= 0.3 is 0 Å². The Bertz CT molecular complexity index is 294. The van der Waals surface area contributed by atoms with Crippen LogP contribution in [0.1, 0.15) is 40.5 Å². The molecule has 17 heavy (non-hydrogen) atoms. The summed E-state index contributed by atoms with van der Waals surface area (Å²) in [7, 11) is 0. The van der Waals surface area contributed by atoms with Gasteiger partial charge in [0.05, 0.1) is 0 Å². The minimum atomic E-state index is 0.555. The summed E-state index contributed by atoms with van der Waals surface area (Å²) in [4.78, 5) is 5.45. The molecule has 0 amide bonds. The van der Waals surface area contributed by atoms with E-state index < -0.39 is 0 Å². The van der Waals surface area contributed by atoms with E-state index in [4.69, 9.17) is 0 Å². The van der Waals surface area contributed by atoms with E-state index in [1.54, 1.807) is 0 Å². The first-order valence-electron chi connectivity index (χ1n) is 7.39. The first kappa shape index (κ1) is 12.0. The summed E-state index contributed by atoms with van der Waals surface area (Å²) >= 11 is 0. The van der Waals surface area contributed by atoms with Gasteiger partial charge in [0.1, 0.15) is 0 Å². The zero-order valence-electron chi connectivity index (χ0n) is 12.0. The summed E-state index contributed by atoms with van der Waals surface area (Å²) in [6.45, 7) is 16.4. The normalized spacial score (nSPS) is 37.1. The van der Waals surface area contributed by atoms with Crippen LogP contribution in [-0.4, -0.2) is 48.6 Å². The van der Waals surface area contributed by atoms with E-state index in [-0.39, 0.29) is 0 Å². The number of piperazine rings is 1. The summed E-state index contributed by atoms with van der Waals surface area (Å²) in [5.41, 5.74) is 1.11. The third-order valence-corrected chi connectivity index (χ3v) is 6.43. The lowest BCUT2D eigenvalue weighted by molar-refractivity contribution is 0.0965. The molecule has 0 aromatic rings. The average Bonchev–Trinajstić information content (AvgIpc) is 2.67. The van der Waals surface area contributed by atoms with Gasteiger partial charge in [-0.2, -0.15) is 0 Å². The lowest BCUT2D eigenvalue weighted by Gasteiger charge is -2.37. The van der Waals surface area contributed by atoms with Crippen molar-refractivity contribution in [1.29, 1.82) is 0 Å². The van der Waals surface area contributed by atoms with Gasteiger partial charge in [0.2, 0.25) is 0 Å². The molecule has 1 atom stereocenters. The lowest BCUT2D eigenvalue weighted by Crippen LogP contribution is -2.50. The van der Waals surface area contributed by atoms with Crippen LogP contribution in [0, 0.1) is 16.7 Å². The maximum Gasteiger partial charge on any atom is 0.0224 e. The fraction of sp³-hybridized carbons (Fsp3) is 1.00. The van der Waals surface area contributed by atoms with Crippen LogP contribution in [0.15, 0.2) is 0 Å². The SMILES string of the molecule is CC1(C)C(CN2CCN3CCCC3C2)C1(C)C. The van der Waals surface area contributed by atoms with Gasteiger partial charge in [-0.1, -0.05) is 27.7 Å². The molecular weight excluding hydrogens is 208 g/mol. The van der Waals surface area contributed by atoms with E-state index in [0.717, 1.165) is 12.0 Å². The van der Waals surface area contributed by atoms with Crippen molar-refractivity contribution in [3.05, 3.63) is 0 Å². The Morgan fingerprint density at radius 2 is 1.71 bits per heavy atom. The number of hydrogen-bond donors (Lipinski definition) is 0. The number of rotatable bonds is 2. The monoisotopic (exact) mass is 236 g/mol. The van der Waals surface area contributed by atoms with Gasteiger partial charge in [0.25, 0.3) is 0 Å². The summed E-state index contributed by atoms with van der Waals surface area (Å²) in [6, 6.07) is 0.883. The van der Waals surface area contributed by atoms with Crippen molar-refractivity contribution < 1.29 is 0 Å². The first-order chi connectivity index (χ1) is 7.93. The van der Waals surface area contributed by atoms with E-state index in [2.05, 4.69) is 37.5 Å². The molecule has 0 N–H and O–H groups in total. The Balaban J connectivity index is 1.57. The van der Waals surface area contributed by atoms with Crippen LogP contribution in [0.2, 0.25) is 0 Å². The van der Waals surface area contributed by atoms with Crippen LogP contribution in [0.4, 0.5) is 0 Å². The van der Waals surface area contributed by atoms with E-state index in [1.807, 2.05) is 0 Å². The van der Waals surface area contributed by atoms with Crippen molar-refractivity contribution in [2.75, 3.05) is 32.7 Å². The Labute approximate surface area is 106 Å². The molecule has 98 valence electrons. The molecule has 3 rings (SSSR count). The summed E-state index contributed by atoms with van der Waals surface area (Å²) in [6.07, 6.45) is 2.87. The minimum Gasteiger partial charge on any atom is -0.300 e. The molecule has 1 saturated carbocycles. The maximum atomic E-state index is 2.74. The van der Waals surface area contributed by atoms with Gasteiger partial charge < -0.3 is 4.90 Å². The van der Waals surface area contributed by atoms with Gasteiger partial charge in [-0.05, 0) is 36.1 Å². The predicted octanol–water partition coefficient (Wildman–Crippen LogP) is 2.45. The van der Waals surface area contributed by atoms with E-state index in [9.17, 15) is 0 Å². The summed E-state index contributed by atoms with van der Waals surface area (Å²) in [5, 5.41) is 0. The number of nitrogens with zero attached hydrogens (tertiary/aromatic N) is 2. The van der Waals surface area contributed by atoms with Crippen LogP contribution < -0.4 is 0 Å². The fourth-order valence-electron chi connectivity index (χ4n) is 4.27. The Morgan fingerprint density at radius 3 is 2.35 bits per heavy atom. The molecule has 0 aromatic heterocycles. The highest BCUT2D eigenvalue weighted by molar-refractivity contribution is 5.13. The second-order valence-electron chi connectivity index (χ2n) is 7.59. The summed E-state index contributed by atoms with van der Waals surface area (Å²) < 4.78 is 0. The van der Waals surface area contributed by atoms with Crippen LogP contribution in [0.5, 0.6) is 0 Å². The molecule has 0 bridgehead atoms. The van der Waals surface area contributed by atoms with Crippen LogP contribution in [0.25, 0.3) is 0 Å². The van der Waals surface area contributed by atoms with E-state index >= 15 is 0 Å². The van der Waals surface area contributed by atoms with Crippen molar-refractivity contribution in [3.63, 3.8) is 0 Å². The molecule has 3 fully saturated rings. The maximum absolute atomic E-state index is 2.74. The largest absolute Gasteiger partial charge is 0.300 e. The highest BCUT2D eigenvalue weighted by atomic mass is 15.3. The molecular formula is C15H28N2. The number of fused-ring (bicyclic) bond motifs is 1. The molecule has 3 aliphatic rings. The van der Waals surface area contributed by atoms with Crippen LogP contribution >= 0.6 is 0 Å². The predicted molar refractivity (Wildman–Crippen MR) is 72.1 cm³/mol. The standard InChI is InChI=1S/C15H28N2/c1-14(2)13(15(14,3)4)11-16-8-9-17-7-5-6-12(17)10-16/h12-13H,5-11H2,1-4H3. The zero-order valence-corrected chi connectivity index (χ0v) is 12.0. The topological polar surface area (TPSA) is 6.48 Å². The molecule has 2 heterocycles. The lowest BCUT2D eigenvalue weighted by atomic mass is 10.0. The van der Waals surface area contributed by atoms with Gasteiger partial charge in [-0.15, -0.1) is 0 Å². The van der Waals surface area contributed by atoms with Crippen molar-refractivity contribution in [1.82, 2.24) is 9.80 Å². The van der Waals surface area contributed by atoms with Gasteiger partial charge in [0.15, 0.2) is 0 Å². The molecule has 2 saturated heterocycles. The molecule has 2 nitrogen and oxygen atoms in total. The molecule has 2 aliphatic heterocycles. The minimum absolute atomic E-state index is 0.555. The second-order valence-corrected chi connectivity index (χ2v) is 7.59. The Kier molecular flexibility index (Phi) is 2.61. The summed E-state index contributed by atoms with van der Waals surface area (Å²) in [5.74, 6) is 0.906. The smallest absolute Gasteiger partial charge is 0.0224 e.